The van der Waals surface area contributed by atoms with E-state index in [2.05, 4.69) is 4.98 Å². The van der Waals surface area contributed by atoms with E-state index >= 15 is 0 Å². The van der Waals surface area contributed by atoms with Crippen molar-refractivity contribution in [1.82, 2.24) is 9.38 Å². The van der Waals surface area contributed by atoms with Crippen LogP contribution < -0.4 is 5.73 Å². The van der Waals surface area contributed by atoms with E-state index in [1.807, 2.05) is 0 Å². The van der Waals surface area contributed by atoms with E-state index in [9.17, 15) is 27.2 Å². The maximum absolute atomic E-state index is 14.1. The molecule has 2 aromatic heterocycles. The zero-order valence-electron chi connectivity index (χ0n) is 15.0. The largest absolute Gasteiger partial charge is 0.382 e. The lowest BCUT2D eigenvalue weighted by Gasteiger charge is -2.07. The number of hydrogen-bond acceptors (Lipinski definition) is 4. The van der Waals surface area contributed by atoms with Crippen molar-refractivity contribution in [2.75, 3.05) is 5.73 Å². The van der Waals surface area contributed by atoms with Crippen LogP contribution in [0.25, 0.3) is 5.65 Å². The zero-order chi connectivity index (χ0) is 21.6. The van der Waals surface area contributed by atoms with Gasteiger partial charge in [0.15, 0.2) is 11.6 Å². The van der Waals surface area contributed by atoms with Gasteiger partial charge in [0.05, 0.1) is 11.1 Å². The molecule has 2 N–H and O–H groups in total. The quantitative estimate of drug-likeness (QED) is 0.406. The molecule has 2 heterocycles. The van der Waals surface area contributed by atoms with Crippen molar-refractivity contribution < 1.29 is 27.2 Å². The van der Waals surface area contributed by atoms with E-state index in [1.165, 1.54) is 12.1 Å². The standard InChI is InChI=1S/C21H11F4N3O2/c22-11-5-6-12(15(25)8-11)20(30)18-21(26)27-16-7-4-10(9-28(16)18)19(29)17-13(23)2-1-3-14(17)24/h1-9H,26H2. The number of anilines is 1. The van der Waals surface area contributed by atoms with Gasteiger partial charge in [-0.05, 0) is 36.4 Å². The Balaban J connectivity index is 1.86. The van der Waals surface area contributed by atoms with Gasteiger partial charge in [-0.2, -0.15) is 0 Å². The number of carbonyl (C=O) groups is 2. The van der Waals surface area contributed by atoms with Gasteiger partial charge in [-0.15, -0.1) is 0 Å². The number of nitrogen functional groups attached to an aromatic ring is 1. The summed E-state index contributed by atoms with van der Waals surface area (Å²) in [6.45, 7) is 0. The molecule has 0 atom stereocenters. The molecule has 2 aromatic carbocycles. The SMILES string of the molecule is Nc1nc2ccc(C(=O)c3c(F)cccc3F)cn2c1C(=O)c1ccc(F)cc1F. The highest BCUT2D eigenvalue weighted by Crippen LogP contribution is 2.23. The average molecular weight is 413 g/mol. The van der Waals surface area contributed by atoms with E-state index < -0.39 is 46.0 Å². The maximum atomic E-state index is 14.1. The lowest BCUT2D eigenvalue weighted by Crippen LogP contribution is -2.12. The van der Waals surface area contributed by atoms with Crippen LogP contribution in [0.2, 0.25) is 0 Å². The number of halogens is 4. The Bertz CT molecular complexity index is 1330. The molecule has 0 unspecified atom stereocenters. The first-order valence-corrected chi connectivity index (χ1v) is 8.54. The molecule has 4 rings (SSSR count). The normalized spacial score (nSPS) is 11.1. The number of nitrogens with zero attached hydrogens (tertiary/aromatic N) is 2. The van der Waals surface area contributed by atoms with Gasteiger partial charge < -0.3 is 5.73 Å². The molecule has 0 saturated carbocycles. The van der Waals surface area contributed by atoms with Crippen LogP contribution in [-0.2, 0) is 0 Å². The first-order chi connectivity index (χ1) is 14.3. The molecule has 5 nitrogen and oxygen atoms in total. The summed E-state index contributed by atoms with van der Waals surface area (Å²) in [5, 5.41) is 0. The summed E-state index contributed by atoms with van der Waals surface area (Å²) in [4.78, 5) is 29.5. The lowest BCUT2D eigenvalue weighted by molar-refractivity contribution is 0.101. The van der Waals surface area contributed by atoms with E-state index in [0.29, 0.717) is 6.07 Å². The molecule has 30 heavy (non-hydrogen) atoms. The molecule has 0 fully saturated rings. The lowest BCUT2D eigenvalue weighted by atomic mass is 10.0. The second-order valence-corrected chi connectivity index (χ2v) is 6.37. The van der Waals surface area contributed by atoms with Gasteiger partial charge in [0.2, 0.25) is 5.78 Å². The van der Waals surface area contributed by atoms with Crippen molar-refractivity contribution in [1.29, 1.82) is 0 Å². The number of aromatic nitrogens is 2. The summed E-state index contributed by atoms with van der Waals surface area (Å²) in [5.41, 5.74) is 4.29. The van der Waals surface area contributed by atoms with Gasteiger partial charge in [0.25, 0.3) is 0 Å². The predicted octanol–water partition coefficient (Wildman–Crippen LogP) is 3.93. The Morgan fingerprint density at radius 1 is 0.867 bits per heavy atom. The fraction of sp³-hybridized carbons (Fsp3) is 0. The van der Waals surface area contributed by atoms with Crippen molar-refractivity contribution in [3.63, 3.8) is 0 Å². The molecule has 4 aromatic rings. The van der Waals surface area contributed by atoms with Crippen molar-refractivity contribution >= 4 is 23.0 Å². The number of benzene rings is 2. The van der Waals surface area contributed by atoms with Crippen LogP contribution in [0.4, 0.5) is 23.4 Å². The zero-order valence-corrected chi connectivity index (χ0v) is 15.0. The van der Waals surface area contributed by atoms with Crippen LogP contribution >= 0.6 is 0 Å². The molecule has 0 saturated heterocycles. The third-order valence-electron chi connectivity index (χ3n) is 4.49. The number of rotatable bonds is 4. The average Bonchev–Trinajstić information content (AvgIpc) is 3.02. The van der Waals surface area contributed by atoms with Gasteiger partial charge in [-0.1, -0.05) is 6.07 Å². The third kappa shape index (κ3) is 3.10. The summed E-state index contributed by atoms with van der Waals surface area (Å²) < 4.78 is 56.3. The minimum absolute atomic E-state index is 0.143. The molecular formula is C21H11F4N3O2. The van der Waals surface area contributed by atoms with Crippen LogP contribution in [0, 0.1) is 23.3 Å². The highest BCUT2D eigenvalue weighted by molar-refractivity contribution is 6.12. The van der Waals surface area contributed by atoms with Gasteiger partial charge >= 0.3 is 0 Å². The van der Waals surface area contributed by atoms with Crippen LogP contribution in [0.5, 0.6) is 0 Å². The van der Waals surface area contributed by atoms with Crippen LogP contribution in [0.1, 0.15) is 32.0 Å². The molecule has 0 spiro atoms. The monoisotopic (exact) mass is 413 g/mol. The van der Waals surface area contributed by atoms with E-state index in [0.717, 1.165) is 40.9 Å². The number of hydrogen-bond donors (Lipinski definition) is 1. The van der Waals surface area contributed by atoms with Crippen molar-refractivity contribution in [2.24, 2.45) is 0 Å². The smallest absolute Gasteiger partial charge is 0.216 e. The highest BCUT2D eigenvalue weighted by atomic mass is 19.1. The van der Waals surface area contributed by atoms with Gasteiger partial charge in [0.1, 0.15) is 34.6 Å². The Morgan fingerprint density at radius 2 is 1.57 bits per heavy atom. The van der Waals surface area contributed by atoms with Crippen molar-refractivity contribution in [2.45, 2.75) is 0 Å². The van der Waals surface area contributed by atoms with Crippen LogP contribution in [-0.4, -0.2) is 21.0 Å². The Hall–Kier alpha value is -4.01. The number of imidazole rings is 1. The predicted molar refractivity (Wildman–Crippen MR) is 99.2 cm³/mol. The molecule has 0 radical (unpaired) electrons. The summed E-state index contributed by atoms with van der Waals surface area (Å²) in [5.74, 6) is -6.19. The van der Waals surface area contributed by atoms with Crippen molar-refractivity contribution in [3.05, 3.63) is 100 Å². The number of carbonyl (C=O) groups excluding carboxylic acids is 2. The van der Waals surface area contributed by atoms with Crippen molar-refractivity contribution in [3.8, 4) is 0 Å². The molecule has 0 bridgehead atoms. The highest BCUT2D eigenvalue weighted by Gasteiger charge is 2.24. The van der Waals surface area contributed by atoms with Gasteiger partial charge in [-0.25, -0.2) is 22.5 Å². The first-order valence-electron chi connectivity index (χ1n) is 8.54. The molecular weight excluding hydrogens is 402 g/mol. The number of ketones is 2. The second-order valence-electron chi connectivity index (χ2n) is 6.37. The second kappa shape index (κ2) is 7.11. The Kier molecular flexibility index (Phi) is 4.57. The van der Waals surface area contributed by atoms with Gasteiger partial charge in [0, 0.05) is 17.8 Å². The molecule has 150 valence electrons. The summed E-state index contributed by atoms with van der Waals surface area (Å²) in [6, 6.07) is 7.99. The molecule has 0 aliphatic carbocycles. The summed E-state index contributed by atoms with van der Waals surface area (Å²) in [7, 11) is 0. The molecule has 0 amide bonds. The topological polar surface area (TPSA) is 77.5 Å². The number of fused-ring (bicyclic) bond motifs is 1. The van der Waals surface area contributed by atoms with E-state index in [4.69, 9.17) is 5.73 Å². The minimum atomic E-state index is -1.10. The first kappa shape index (κ1) is 19.3. The molecule has 0 aliphatic heterocycles. The summed E-state index contributed by atoms with van der Waals surface area (Å²) >= 11 is 0. The molecule has 0 aliphatic rings. The van der Waals surface area contributed by atoms with Crippen LogP contribution in [0.3, 0.4) is 0 Å². The third-order valence-corrected chi connectivity index (χ3v) is 4.49. The Labute approximate surface area is 166 Å². The van der Waals surface area contributed by atoms with Gasteiger partial charge in [-0.3, -0.25) is 14.0 Å². The summed E-state index contributed by atoms with van der Waals surface area (Å²) in [6.07, 6.45) is 1.13. The fourth-order valence-corrected chi connectivity index (χ4v) is 3.08. The Morgan fingerprint density at radius 3 is 2.23 bits per heavy atom. The maximum Gasteiger partial charge on any atom is 0.216 e. The number of pyridine rings is 1. The van der Waals surface area contributed by atoms with E-state index in [1.54, 1.807) is 0 Å². The minimum Gasteiger partial charge on any atom is -0.382 e. The van der Waals surface area contributed by atoms with Crippen LogP contribution in [0.15, 0.2) is 54.7 Å². The number of nitrogens with two attached hydrogens (primary N) is 1. The molecule has 9 heteroatoms. The van der Waals surface area contributed by atoms with E-state index in [-0.39, 0.29) is 22.7 Å². The fourth-order valence-electron chi connectivity index (χ4n) is 3.08.